The topological polar surface area (TPSA) is 12.5 Å². The summed E-state index contributed by atoms with van der Waals surface area (Å²) in [5.41, 5.74) is 1.47. The van der Waals surface area contributed by atoms with Gasteiger partial charge in [-0.05, 0) is 43.0 Å². The van der Waals surface area contributed by atoms with Crippen LogP contribution in [0.25, 0.3) is 0 Å². The summed E-state index contributed by atoms with van der Waals surface area (Å²) in [6.45, 7) is 3.86. The summed E-state index contributed by atoms with van der Waals surface area (Å²) in [7, 11) is 1.75. The molecular formula is C14H19NO. The molecule has 1 aromatic rings. The second kappa shape index (κ2) is 4.10. The average molecular weight is 217 g/mol. The normalized spacial score (nSPS) is 32.7. The van der Waals surface area contributed by atoms with Crippen molar-refractivity contribution >= 4 is 0 Å². The zero-order valence-electron chi connectivity index (χ0n) is 9.86. The molecule has 2 nitrogen and oxygen atoms in total. The van der Waals surface area contributed by atoms with E-state index in [1.54, 1.807) is 7.11 Å². The van der Waals surface area contributed by atoms with Gasteiger partial charge in [0.25, 0.3) is 0 Å². The van der Waals surface area contributed by atoms with E-state index in [0.717, 1.165) is 17.6 Å². The van der Waals surface area contributed by atoms with E-state index < -0.39 is 0 Å². The Labute approximate surface area is 97.2 Å². The molecule has 2 fully saturated rings. The van der Waals surface area contributed by atoms with Crippen LogP contribution in [-0.4, -0.2) is 31.6 Å². The molecule has 2 aliphatic heterocycles. The minimum atomic E-state index is 0.734. The monoisotopic (exact) mass is 217 g/mol. The summed E-state index contributed by atoms with van der Waals surface area (Å²) in [6, 6.07) is 8.62. The van der Waals surface area contributed by atoms with Crippen LogP contribution in [0.1, 0.15) is 24.3 Å². The molecule has 0 aromatic heterocycles. The highest BCUT2D eigenvalue weighted by molar-refractivity contribution is 5.32. The third-order valence-electron chi connectivity index (χ3n) is 4.09. The Morgan fingerprint density at radius 1 is 1.31 bits per heavy atom. The van der Waals surface area contributed by atoms with E-state index in [0.29, 0.717) is 0 Å². The predicted molar refractivity (Wildman–Crippen MR) is 64.9 cm³/mol. The van der Waals surface area contributed by atoms with Gasteiger partial charge in [0.05, 0.1) is 7.11 Å². The van der Waals surface area contributed by atoms with Crippen LogP contribution in [0.4, 0.5) is 0 Å². The molecular weight excluding hydrogens is 198 g/mol. The largest absolute Gasteiger partial charge is 0.497 e. The lowest BCUT2D eigenvalue weighted by atomic mass is 9.86. The van der Waals surface area contributed by atoms with E-state index in [9.17, 15) is 0 Å². The first-order valence-electron chi connectivity index (χ1n) is 6.23. The summed E-state index contributed by atoms with van der Waals surface area (Å²) in [5, 5.41) is 0. The van der Waals surface area contributed by atoms with Crippen molar-refractivity contribution in [3.05, 3.63) is 29.8 Å². The third-order valence-corrected chi connectivity index (χ3v) is 4.09. The molecule has 0 radical (unpaired) electrons. The molecule has 2 heterocycles. The Balaban J connectivity index is 1.86. The molecule has 0 saturated carbocycles. The molecule has 3 unspecified atom stereocenters. The Bertz CT molecular complexity index is 377. The maximum atomic E-state index is 5.31. The Morgan fingerprint density at radius 2 is 2.25 bits per heavy atom. The van der Waals surface area contributed by atoms with E-state index in [1.807, 2.05) is 6.07 Å². The van der Waals surface area contributed by atoms with Gasteiger partial charge in [-0.2, -0.15) is 0 Å². The fraction of sp³-hybridized carbons (Fsp3) is 0.571. The highest BCUT2D eigenvalue weighted by Crippen LogP contribution is 2.39. The number of ether oxygens (including phenoxy) is 1. The quantitative estimate of drug-likeness (QED) is 0.754. The standard InChI is InChI=1S/C14H19NO/c1-16-13-6-2-4-11(8-13)14-10-15-7-3-5-12(14)9-15/h2,4,6,8,12,14H,3,5,7,9-10H2,1H3. The highest BCUT2D eigenvalue weighted by atomic mass is 16.5. The van der Waals surface area contributed by atoms with Crippen molar-refractivity contribution in [2.75, 3.05) is 26.7 Å². The minimum Gasteiger partial charge on any atom is -0.497 e. The first-order chi connectivity index (χ1) is 7.86. The van der Waals surface area contributed by atoms with Crippen molar-refractivity contribution < 1.29 is 4.74 Å². The fourth-order valence-corrected chi connectivity index (χ4v) is 3.26. The highest BCUT2D eigenvalue weighted by Gasteiger charge is 2.36. The number of hydrogen-bond acceptors (Lipinski definition) is 2. The second-order valence-electron chi connectivity index (χ2n) is 5.04. The summed E-state index contributed by atoms with van der Waals surface area (Å²) in [6.07, 6.45) is 2.78. The Kier molecular flexibility index (Phi) is 2.60. The fourth-order valence-electron chi connectivity index (χ4n) is 3.26. The summed E-state index contributed by atoms with van der Waals surface area (Å²) in [5.74, 6) is 2.60. The summed E-state index contributed by atoms with van der Waals surface area (Å²) in [4.78, 5) is 2.61. The van der Waals surface area contributed by atoms with Gasteiger partial charge in [0.1, 0.15) is 5.75 Å². The molecule has 86 valence electrons. The van der Waals surface area contributed by atoms with Crippen molar-refractivity contribution in [3.8, 4) is 5.75 Å². The van der Waals surface area contributed by atoms with E-state index in [1.165, 1.54) is 38.0 Å². The molecule has 1 aromatic carbocycles. The lowest BCUT2D eigenvalue weighted by molar-refractivity contribution is 0.269. The molecule has 2 heteroatoms. The number of rotatable bonds is 2. The molecule has 3 rings (SSSR count). The van der Waals surface area contributed by atoms with Crippen molar-refractivity contribution in [1.29, 1.82) is 0 Å². The Hall–Kier alpha value is -1.02. The first-order valence-corrected chi connectivity index (χ1v) is 6.23. The van der Waals surface area contributed by atoms with Crippen molar-refractivity contribution in [1.82, 2.24) is 4.90 Å². The lowest BCUT2D eigenvalue weighted by Crippen LogP contribution is -2.25. The van der Waals surface area contributed by atoms with Crippen LogP contribution < -0.4 is 4.74 Å². The third kappa shape index (κ3) is 1.71. The van der Waals surface area contributed by atoms with E-state index in [4.69, 9.17) is 4.74 Å². The van der Waals surface area contributed by atoms with Crippen molar-refractivity contribution in [2.24, 2.45) is 5.92 Å². The molecule has 0 N–H and O–H groups in total. The minimum absolute atomic E-state index is 0.734. The number of piperidine rings is 1. The van der Waals surface area contributed by atoms with E-state index in [2.05, 4.69) is 23.1 Å². The molecule has 0 amide bonds. The van der Waals surface area contributed by atoms with Gasteiger partial charge in [-0.15, -0.1) is 0 Å². The molecule has 0 aliphatic carbocycles. The molecule has 16 heavy (non-hydrogen) atoms. The molecule has 0 spiro atoms. The van der Waals surface area contributed by atoms with Crippen LogP contribution in [0.3, 0.4) is 0 Å². The van der Waals surface area contributed by atoms with Gasteiger partial charge in [-0.3, -0.25) is 0 Å². The summed E-state index contributed by atoms with van der Waals surface area (Å²) < 4.78 is 5.31. The van der Waals surface area contributed by atoms with Gasteiger partial charge in [0.2, 0.25) is 0 Å². The smallest absolute Gasteiger partial charge is 0.119 e. The second-order valence-corrected chi connectivity index (χ2v) is 5.04. The maximum Gasteiger partial charge on any atom is 0.119 e. The van der Waals surface area contributed by atoms with Crippen molar-refractivity contribution in [3.63, 3.8) is 0 Å². The van der Waals surface area contributed by atoms with Crippen LogP contribution in [0, 0.1) is 5.92 Å². The van der Waals surface area contributed by atoms with Crippen LogP contribution in [-0.2, 0) is 0 Å². The van der Waals surface area contributed by atoms with Gasteiger partial charge in [-0.25, -0.2) is 0 Å². The number of methoxy groups -OCH3 is 1. The van der Waals surface area contributed by atoms with Gasteiger partial charge < -0.3 is 9.64 Å². The zero-order valence-corrected chi connectivity index (χ0v) is 9.86. The number of hydrogen-bond donors (Lipinski definition) is 0. The average Bonchev–Trinajstić information content (AvgIpc) is 2.64. The van der Waals surface area contributed by atoms with Crippen LogP contribution in [0.5, 0.6) is 5.75 Å². The molecule has 2 saturated heterocycles. The zero-order chi connectivity index (χ0) is 11.0. The van der Waals surface area contributed by atoms with Gasteiger partial charge in [-0.1, -0.05) is 12.1 Å². The SMILES string of the molecule is COc1cccc(C2CN3CCCC2C3)c1. The van der Waals surface area contributed by atoms with Gasteiger partial charge in [0, 0.05) is 19.0 Å². The number of nitrogens with zero attached hydrogens (tertiary/aromatic N) is 1. The number of fused-ring (bicyclic) bond motifs is 2. The molecule has 3 atom stereocenters. The van der Waals surface area contributed by atoms with Crippen LogP contribution >= 0.6 is 0 Å². The summed E-state index contributed by atoms with van der Waals surface area (Å²) >= 11 is 0. The van der Waals surface area contributed by atoms with E-state index >= 15 is 0 Å². The van der Waals surface area contributed by atoms with E-state index in [-0.39, 0.29) is 0 Å². The predicted octanol–water partition coefficient (Wildman–Crippen LogP) is 2.50. The van der Waals surface area contributed by atoms with Crippen LogP contribution in [0.15, 0.2) is 24.3 Å². The molecule has 2 aliphatic rings. The van der Waals surface area contributed by atoms with Gasteiger partial charge >= 0.3 is 0 Å². The van der Waals surface area contributed by atoms with Crippen molar-refractivity contribution in [2.45, 2.75) is 18.8 Å². The number of benzene rings is 1. The molecule has 2 bridgehead atoms. The first kappa shape index (κ1) is 10.2. The maximum absolute atomic E-state index is 5.31. The van der Waals surface area contributed by atoms with Crippen LogP contribution in [0.2, 0.25) is 0 Å². The lowest BCUT2D eigenvalue weighted by Gasteiger charge is -2.22. The Morgan fingerprint density at radius 3 is 3.06 bits per heavy atom. The van der Waals surface area contributed by atoms with Gasteiger partial charge in [0.15, 0.2) is 0 Å².